The van der Waals surface area contributed by atoms with E-state index in [-0.39, 0.29) is 5.75 Å². The Kier molecular flexibility index (Phi) is 4.52. The van der Waals surface area contributed by atoms with Crippen LogP contribution in [0.3, 0.4) is 0 Å². The molecule has 1 aromatic carbocycles. The molecule has 0 radical (unpaired) electrons. The predicted octanol–water partition coefficient (Wildman–Crippen LogP) is 3.96. The average molecular weight is 268 g/mol. The molecule has 1 aliphatic rings. The van der Waals surface area contributed by atoms with E-state index in [2.05, 4.69) is 19.2 Å². The molecule has 0 aliphatic heterocycles. The number of benzene rings is 1. The van der Waals surface area contributed by atoms with Crippen LogP contribution < -0.4 is 5.32 Å². The Hall–Kier alpha value is -0.730. The zero-order valence-corrected chi connectivity index (χ0v) is 11.9. The standard InChI is InChI=1S/C15H22ClNO/c1-10-6-7-12(8-11(10)2)17-9-13-14(16)4-3-5-15(13)18/h3-5,10-12,17-18H,6-9H2,1-2H3. The van der Waals surface area contributed by atoms with Gasteiger partial charge in [0.25, 0.3) is 0 Å². The van der Waals surface area contributed by atoms with Gasteiger partial charge in [-0.15, -0.1) is 0 Å². The van der Waals surface area contributed by atoms with E-state index in [1.54, 1.807) is 12.1 Å². The van der Waals surface area contributed by atoms with Crippen molar-refractivity contribution in [3.05, 3.63) is 28.8 Å². The molecule has 1 aromatic rings. The molecule has 0 bridgehead atoms. The topological polar surface area (TPSA) is 32.3 Å². The van der Waals surface area contributed by atoms with Crippen LogP contribution in [0.15, 0.2) is 18.2 Å². The maximum Gasteiger partial charge on any atom is 0.121 e. The van der Waals surface area contributed by atoms with Crippen molar-refractivity contribution in [1.82, 2.24) is 5.32 Å². The smallest absolute Gasteiger partial charge is 0.121 e. The molecule has 18 heavy (non-hydrogen) atoms. The summed E-state index contributed by atoms with van der Waals surface area (Å²) in [5, 5.41) is 14.0. The number of rotatable bonds is 3. The minimum absolute atomic E-state index is 0.284. The number of phenols is 1. The van der Waals surface area contributed by atoms with Gasteiger partial charge in [0.2, 0.25) is 0 Å². The van der Waals surface area contributed by atoms with Gasteiger partial charge in [0, 0.05) is 23.2 Å². The van der Waals surface area contributed by atoms with Gasteiger partial charge in [-0.3, -0.25) is 0 Å². The molecule has 3 heteroatoms. The summed E-state index contributed by atoms with van der Waals surface area (Å²) >= 11 is 6.10. The highest BCUT2D eigenvalue weighted by molar-refractivity contribution is 6.31. The molecule has 2 N–H and O–H groups in total. The van der Waals surface area contributed by atoms with Crippen molar-refractivity contribution in [2.75, 3.05) is 0 Å². The maximum atomic E-state index is 9.79. The molecular formula is C15H22ClNO. The van der Waals surface area contributed by atoms with Crippen molar-refractivity contribution >= 4 is 11.6 Å². The molecule has 1 aliphatic carbocycles. The van der Waals surface area contributed by atoms with Crippen LogP contribution in [0.4, 0.5) is 0 Å². The first-order valence-electron chi connectivity index (χ1n) is 6.77. The summed E-state index contributed by atoms with van der Waals surface area (Å²) in [6.45, 7) is 5.31. The van der Waals surface area contributed by atoms with Crippen molar-refractivity contribution in [2.45, 2.75) is 45.7 Å². The number of hydrogen-bond acceptors (Lipinski definition) is 2. The second-order valence-electron chi connectivity index (χ2n) is 5.58. The SMILES string of the molecule is CC1CCC(NCc2c(O)cccc2Cl)CC1C. The zero-order valence-electron chi connectivity index (χ0n) is 11.1. The van der Waals surface area contributed by atoms with Crippen molar-refractivity contribution in [3.63, 3.8) is 0 Å². The Balaban J connectivity index is 1.92. The zero-order chi connectivity index (χ0) is 13.1. The van der Waals surface area contributed by atoms with E-state index >= 15 is 0 Å². The molecule has 100 valence electrons. The van der Waals surface area contributed by atoms with Crippen LogP contribution in [-0.2, 0) is 6.54 Å². The summed E-state index contributed by atoms with van der Waals surface area (Å²) in [5.41, 5.74) is 0.811. The van der Waals surface area contributed by atoms with Crippen LogP contribution in [0.25, 0.3) is 0 Å². The van der Waals surface area contributed by atoms with Gasteiger partial charge in [-0.25, -0.2) is 0 Å². The third-order valence-corrected chi connectivity index (χ3v) is 4.61. The lowest BCUT2D eigenvalue weighted by Gasteiger charge is -2.32. The van der Waals surface area contributed by atoms with E-state index in [0.717, 1.165) is 17.4 Å². The molecule has 3 atom stereocenters. The Morgan fingerprint density at radius 2 is 2.06 bits per heavy atom. The first kappa shape index (κ1) is 13.7. The highest BCUT2D eigenvalue weighted by Crippen LogP contribution is 2.30. The van der Waals surface area contributed by atoms with Crippen LogP contribution in [0, 0.1) is 11.8 Å². The lowest BCUT2D eigenvalue weighted by molar-refractivity contribution is 0.225. The molecule has 0 spiro atoms. The Morgan fingerprint density at radius 1 is 1.28 bits per heavy atom. The summed E-state index contributed by atoms with van der Waals surface area (Å²) in [6, 6.07) is 5.83. The van der Waals surface area contributed by atoms with Gasteiger partial charge in [0.1, 0.15) is 5.75 Å². The first-order valence-corrected chi connectivity index (χ1v) is 7.15. The fourth-order valence-corrected chi connectivity index (χ4v) is 2.94. The van der Waals surface area contributed by atoms with Crippen LogP contribution >= 0.6 is 11.6 Å². The van der Waals surface area contributed by atoms with Crippen LogP contribution in [0.5, 0.6) is 5.75 Å². The summed E-state index contributed by atoms with van der Waals surface area (Å²) in [6.07, 6.45) is 3.72. The van der Waals surface area contributed by atoms with E-state index in [9.17, 15) is 5.11 Å². The summed E-state index contributed by atoms with van der Waals surface area (Å²) in [5.74, 6) is 1.89. The van der Waals surface area contributed by atoms with Gasteiger partial charge < -0.3 is 10.4 Å². The van der Waals surface area contributed by atoms with Crippen LogP contribution in [0.2, 0.25) is 5.02 Å². The second kappa shape index (κ2) is 5.94. The van der Waals surface area contributed by atoms with E-state index in [1.165, 1.54) is 19.3 Å². The second-order valence-corrected chi connectivity index (χ2v) is 5.99. The Morgan fingerprint density at radius 3 is 2.72 bits per heavy atom. The fraction of sp³-hybridized carbons (Fsp3) is 0.600. The monoisotopic (exact) mass is 267 g/mol. The van der Waals surface area contributed by atoms with Gasteiger partial charge in [-0.05, 0) is 43.2 Å². The van der Waals surface area contributed by atoms with Gasteiger partial charge in [-0.1, -0.05) is 31.5 Å². The lowest BCUT2D eigenvalue weighted by Crippen LogP contribution is -2.35. The van der Waals surface area contributed by atoms with Gasteiger partial charge in [-0.2, -0.15) is 0 Å². The number of phenolic OH excluding ortho intramolecular Hbond substituents is 1. The lowest BCUT2D eigenvalue weighted by atomic mass is 9.79. The maximum absolute atomic E-state index is 9.79. The molecule has 2 rings (SSSR count). The van der Waals surface area contributed by atoms with Crippen molar-refractivity contribution in [1.29, 1.82) is 0 Å². The van der Waals surface area contributed by atoms with E-state index in [4.69, 9.17) is 11.6 Å². The average Bonchev–Trinajstić information content (AvgIpc) is 2.33. The van der Waals surface area contributed by atoms with E-state index < -0.39 is 0 Å². The van der Waals surface area contributed by atoms with E-state index in [1.807, 2.05) is 6.07 Å². The van der Waals surface area contributed by atoms with Crippen molar-refractivity contribution < 1.29 is 5.11 Å². The van der Waals surface area contributed by atoms with Gasteiger partial charge in [0.05, 0.1) is 0 Å². The minimum Gasteiger partial charge on any atom is -0.508 e. The fourth-order valence-electron chi connectivity index (χ4n) is 2.70. The Labute approximate surface area is 114 Å². The van der Waals surface area contributed by atoms with E-state index in [0.29, 0.717) is 17.6 Å². The number of hydrogen-bond donors (Lipinski definition) is 2. The summed E-state index contributed by atoms with van der Waals surface area (Å²) < 4.78 is 0. The molecule has 1 saturated carbocycles. The summed E-state index contributed by atoms with van der Waals surface area (Å²) in [4.78, 5) is 0. The molecule has 3 unspecified atom stereocenters. The predicted molar refractivity (Wildman–Crippen MR) is 75.9 cm³/mol. The quantitative estimate of drug-likeness (QED) is 0.869. The molecule has 2 nitrogen and oxygen atoms in total. The van der Waals surface area contributed by atoms with Crippen molar-refractivity contribution in [3.8, 4) is 5.75 Å². The van der Waals surface area contributed by atoms with Gasteiger partial charge in [0.15, 0.2) is 0 Å². The first-order chi connectivity index (χ1) is 8.58. The number of nitrogens with one attached hydrogen (secondary N) is 1. The highest BCUT2D eigenvalue weighted by Gasteiger charge is 2.24. The van der Waals surface area contributed by atoms with Crippen molar-refractivity contribution in [2.24, 2.45) is 11.8 Å². The number of aromatic hydroxyl groups is 1. The molecule has 0 heterocycles. The Bertz CT molecular complexity index is 387. The molecule has 0 saturated heterocycles. The third kappa shape index (κ3) is 3.18. The molecular weight excluding hydrogens is 246 g/mol. The third-order valence-electron chi connectivity index (χ3n) is 4.26. The normalized spacial score (nSPS) is 28.3. The number of halogens is 1. The minimum atomic E-state index is 0.284. The van der Waals surface area contributed by atoms with Crippen LogP contribution in [0.1, 0.15) is 38.7 Å². The largest absolute Gasteiger partial charge is 0.508 e. The van der Waals surface area contributed by atoms with Crippen LogP contribution in [-0.4, -0.2) is 11.1 Å². The summed E-state index contributed by atoms with van der Waals surface area (Å²) in [7, 11) is 0. The molecule has 1 fully saturated rings. The molecule has 0 aromatic heterocycles. The highest BCUT2D eigenvalue weighted by atomic mass is 35.5. The van der Waals surface area contributed by atoms with Gasteiger partial charge >= 0.3 is 0 Å². The molecule has 0 amide bonds.